The van der Waals surface area contributed by atoms with Crippen molar-refractivity contribution in [1.82, 2.24) is 0 Å². The van der Waals surface area contributed by atoms with Gasteiger partial charge in [0.2, 0.25) is 5.91 Å². The van der Waals surface area contributed by atoms with Crippen molar-refractivity contribution in [2.45, 2.75) is 30.4 Å². The second kappa shape index (κ2) is 6.31. The van der Waals surface area contributed by atoms with Gasteiger partial charge in [-0.1, -0.05) is 24.6 Å². The first-order chi connectivity index (χ1) is 8.31. The van der Waals surface area contributed by atoms with Gasteiger partial charge in [0.05, 0.1) is 5.25 Å². The van der Waals surface area contributed by atoms with Gasteiger partial charge in [0.25, 0.3) is 0 Å². The summed E-state index contributed by atoms with van der Waals surface area (Å²) in [6.07, 6.45) is 3.37. The molecule has 1 N–H and O–H groups in total. The molecule has 4 heteroatoms. The van der Waals surface area contributed by atoms with E-state index in [0.717, 1.165) is 29.8 Å². The molecule has 1 unspecified atom stereocenters. The quantitative estimate of drug-likeness (QED) is 0.849. The molecule has 2 nitrogen and oxygen atoms in total. The first kappa shape index (κ1) is 12.8. The number of hydrogen-bond donors (Lipinski definition) is 1. The normalized spacial score (nSPS) is 19.9. The van der Waals surface area contributed by atoms with Crippen molar-refractivity contribution in [2.24, 2.45) is 0 Å². The number of anilines is 1. The van der Waals surface area contributed by atoms with Gasteiger partial charge in [-0.15, -0.1) is 23.4 Å². The number of para-hydroxylation sites is 1. The van der Waals surface area contributed by atoms with Crippen LogP contribution >= 0.6 is 23.4 Å². The zero-order valence-corrected chi connectivity index (χ0v) is 11.2. The van der Waals surface area contributed by atoms with Gasteiger partial charge in [0, 0.05) is 11.6 Å². The molecule has 1 fully saturated rings. The van der Waals surface area contributed by atoms with Crippen LogP contribution in [0.1, 0.15) is 24.8 Å². The molecule has 17 heavy (non-hydrogen) atoms. The van der Waals surface area contributed by atoms with Gasteiger partial charge in [0.15, 0.2) is 0 Å². The fourth-order valence-electron chi connectivity index (χ4n) is 1.92. The standard InChI is InChI=1S/C13H16ClNOS/c14-9-10-5-1-2-6-11(10)15-13(16)12-7-3-4-8-17-12/h1-2,5-6,12H,3-4,7-9H2,(H,15,16). The molecule has 0 aromatic heterocycles. The fraction of sp³-hybridized carbons (Fsp3) is 0.462. The van der Waals surface area contributed by atoms with Crippen LogP contribution < -0.4 is 5.32 Å². The molecule has 1 aliphatic rings. The minimum atomic E-state index is 0.104. The highest BCUT2D eigenvalue weighted by atomic mass is 35.5. The smallest absolute Gasteiger partial charge is 0.237 e. The second-order valence-electron chi connectivity index (χ2n) is 4.14. The first-order valence-corrected chi connectivity index (χ1v) is 7.46. The van der Waals surface area contributed by atoms with E-state index in [2.05, 4.69) is 5.32 Å². The van der Waals surface area contributed by atoms with Gasteiger partial charge in [-0.2, -0.15) is 0 Å². The summed E-state index contributed by atoms with van der Waals surface area (Å²) >= 11 is 7.60. The molecule has 1 heterocycles. The lowest BCUT2D eigenvalue weighted by Gasteiger charge is -2.21. The largest absolute Gasteiger partial charge is 0.325 e. The zero-order chi connectivity index (χ0) is 12.1. The van der Waals surface area contributed by atoms with Crippen molar-refractivity contribution in [2.75, 3.05) is 11.1 Å². The molecule has 1 atom stereocenters. The molecule has 0 spiro atoms. The van der Waals surface area contributed by atoms with Crippen LogP contribution in [0.3, 0.4) is 0 Å². The highest BCUT2D eigenvalue weighted by Crippen LogP contribution is 2.27. The Labute approximate surface area is 111 Å². The number of hydrogen-bond acceptors (Lipinski definition) is 2. The molecule has 0 aliphatic carbocycles. The predicted octanol–water partition coefficient (Wildman–Crippen LogP) is 3.65. The maximum Gasteiger partial charge on any atom is 0.237 e. The average molecular weight is 270 g/mol. The number of benzene rings is 1. The second-order valence-corrected chi connectivity index (χ2v) is 5.71. The van der Waals surface area contributed by atoms with Crippen molar-refractivity contribution >= 4 is 35.0 Å². The molecule has 2 rings (SSSR count). The predicted molar refractivity (Wildman–Crippen MR) is 74.7 cm³/mol. The monoisotopic (exact) mass is 269 g/mol. The SMILES string of the molecule is O=C(Nc1ccccc1CCl)C1CCCCS1. The van der Waals surface area contributed by atoms with Crippen molar-refractivity contribution < 1.29 is 4.79 Å². The lowest BCUT2D eigenvalue weighted by atomic mass is 10.1. The molecule has 1 amide bonds. The van der Waals surface area contributed by atoms with Gasteiger partial charge in [-0.3, -0.25) is 4.79 Å². The van der Waals surface area contributed by atoms with Crippen LogP contribution in [-0.4, -0.2) is 16.9 Å². The van der Waals surface area contributed by atoms with E-state index in [1.165, 1.54) is 6.42 Å². The number of alkyl halides is 1. The van der Waals surface area contributed by atoms with Gasteiger partial charge in [-0.25, -0.2) is 0 Å². The van der Waals surface area contributed by atoms with E-state index in [0.29, 0.717) is 5.88 Å². The molecule has 0 radical (unpaired) electrons. The number of carbonyl (C=O) groups is 1. The maximum atomic E-state index is 12.1. The van der Waals surface area contributed by atoms with E-state index in [-0.39, 0.29) is 11.2 Å². The molecule has 0 bridgehead atoms. The number of halogens is 1. The van der Waals surface area contributed by atoms with Gasteiger partial charge in [0.1, 0.15) is 0 Å². The summed E-state index contributed by atoms with van der Waals surface area (Å²) in [6, 6.07) is 7.70. The van der Waals surface area contributed by atoms with Crippen LogP contribution in [0, 0.1) is 0 Å². The number of nitrogens with one attached hydrogen (secondary N) is 1. The van der Waals surface area contributed by atoms with Gasteiger partial charge >= 0.3 is 0 Å². The van der Waals surface area contributed by atoms with Crippen LogP contribution in [0.5, 0.6) is 0 Å². The topological polar surface area (TPSA) is 29.1 Å². The van der Waals surface area contributed by atoms with E-state index >= 15 is 0 Å². The molecule has 1 aromatic rings. The molecule has 92 valence electrons. The van der Waals surface area contributed by atoms with Crippen molar-refractivity contribution in [3.8, 4) is 0 Å². The minimum absolute atomic E-state index is 0.104. The third-order valence-corrected chi connectivity index (χ3v) is 4.56. The number of carbonyl (C=O) groups excluding carboxylic acids is 1. The molecule has 1 saturated heterocycles. The Morgan fingerprint density at radius 3 is 2.94 bits per heavy atom. The fourth-order valence-corrected chi connectivity index (χ4v) is 3.35. The van der Waals surface area contributed by atoms with Crippen LogP contribution in [0.2, 0.25) is 0 Å². The third kappa shape index (κ3) is 3.39. The summed E-state index contributed by atoms with van der Waals surface area (Å²) < 4.78 is 0. The van der Waals surface area contributed by atoms with E-state index in [9.17, 15) is 4.79 Å². The summed E-state index contributed by atoms with van der Waals surface area (Å²) in [4.78, 5) is 12.1. The average Bonchev–Trinajstić information content (AvgIpc) is 2.40. The summed E-state index contributed by atoms with van der Waals surface area (Å²) in [5.74, 6) is 1.64. The van der Waals surface area contributed by atoms with Crippen molar-refractivity contribution in [3.63, 3.8) is 0 Å². The summed E-state index contributed by atoms with van der Waals surface area (Å²) in [5, 5.41) is 3.09. The van der Waals surface area contributed by atoms with Crippen LogP contribution in [0.15, 0.2) is 24.3 Å². The van der Waals surface area contributed by atoms with Crippen LogP contribution in [0.4, 0.5) is 5.69 Å². The van der Waals surface area contributed by atoms with Gasteiger partial charge in [-0.05, 0) is 30.2 Å². The highest BCUT2D eigenvalue weighted by molar-refractivity contribution is 8.00. The highest BCUT2D eigenvalue weighted by Gasteiger charge is 2.22. The van der Waals surface area contributed by atoms with E-state index < -0.39 is 0 Å². The number of thioether (sulfide) groups is 1. The maximum absolute atomic E-state index is 12.1. The van der Waals surface area contributed by atoms with E-state index in [1.807, 2.05) is 24.3 Å². The van der Waals surface area contributed by atoms with E-state index in [4.69, 9.17) is 11.6 Å². The Bertz CT molecular complexity index is 391. The Morgan fingerprint density at radius 2 is 2.24 bits per heavy atom. The third-order valence-electron chi connectivity index (χ3n) is 2.89. The molecule has 0 saturated carbocycles. The zero-order valence-electron chi connectivity index (χ0n) is 9.62. The van der Waals surface area contributed by atoms with Crippen LogP contribution in [0.25, 0.3) is 0 Å². The number of amides is 1. The lowest BCUT2D eigenvalue weighted by molar-refractivity contribution is -0.115. The van der Waals surface area contributed by atoms with E-state index in [1.54, 1.807) is 11.8 Å². The Balaban J connectivity index is 2.01. The summed E-state index contributed by atoms with van der Waals surface area (Å²) in [7, 11) is 0. The summed E-state index contributed by atoms with van der Waals surface area (Å²) in [6.45, 7) is 0. The lowest BCUT2D eigenvalue weighted by Crippen LogP contribution is -2.27. The Kier molecular flexibility index (Phi) is 4.75. The first-order valence-electron chi connectivity index (χ1n) is 5.87. The van der Waals surface area contributed by atoms with Crippen molar-refractivity contribution in [1.29, 1.82) is 0 Å². The summed E-state index contributed by atoms with van der Waals surface area (Å²) in [5.41, 5.74) is 1.82. The Hall–Kier alpha value is -0.670. The Morgan fingerprint density at radius 1 is 1.41 bits per heavy atom. The van der Waals surface area contributed by atoms with Crippen LogP contribution in [-0.2, 0) is 10.7 Å². The van der Waals surface area contributed by atoms with Crippen molar-refractivity contribution in [3.05, 3.63) is 29.8 Å². The molecular weight excluding hydrogens is 254 g/mol. The molecular formula is C13H16ClNOS. The van der Waals surface area contributed by atoms with Gasteiger partial charge < -0.3 is 5.32 Å². The number of rotatable bonds is 3. The molecule has 1 aliphatic heterocycles. The minimum Gasteiger partial charge on any atom is -0.325 e. The molecule has 1 aromatic carbocycles.